The number of rotatable bonds is 8. The van der Waals surface area contributed by atoms with Crippen LogP contribution in [0.4, 0.5) is 11.4 Å². The molecule has 0 radical (unpaired) electrons. The van der Waals surface area contributed by atoms with Crippen molar-refractivity contribution in [1.82, 2.24) is 0 Å². The largest absolute Gasteiger partial charge is 0.507 e. The highest BCUT2D eigenvalue weighted by molar-refractivity contribution is 5.88. The Morgan fingerprint density at radius 3 is 1.20 bits per heavy atom. The number of aliphatic imine (C=N–C) groups is 2. The zero-order valence-corrected chi connectivity index (χ0v) is 26.1. The van der Waals surface area contributed by atoms with Gasteiger partial charge in [0, 0.05) is 34.7 Å². The standard InChI is InChI=1S/C36H48N2O2/c1-23(2)15-25-17-27(33(39)31(19-25)35(5,6)7)21-37-29-11-13-30(14-12-29)38-22-28-18-26(16-24(3)4)20-32(34(28)40)36(8,9)10/h11-14,17-24,39-40H,15-16H2,1-10H3. The highest BCUT2D eigenvalue weighted by Gasteiger charge is 2.22. The van der Waals surface area contributed by atoms with Crippen LogP contribution in [0.2, 0.25) is 0 Å². The molecule has 0 aliphatic heterocycles. The van der Waals surface area contributed by atoms with E-state index in [2.05, 4.69) is 91.4 Å². The highest BCUT2D eigenvalue weighted by Crippen LogP contribution is 2.36. The quantitative estimate of drug-likeness (QED) is 0.279. The second-order valence-electron chi connectivity index (χ2n) is 13.9. The van der Waals surface area contributed by atoms with Crippen LogP contribution >= 0.6 is 0 Å². The van der Waals surface area contributed by atoms with Gasteiger partial charge in [-0.2, -0.15) is 0 Å². The van der Waals surface area contributed by atoms with E-state index in [9.17, 15) is 10.2 Å². The number of hydrogen-bond acceptors (Lipinski definition) is 4. The van der Waals surface area contributed by atoms with Crippen molar-refractivity contribution < 1.29 is 10.2 Å². The van der Waals surface area contributed by atoms with Crippen molar-refractivity contribution in [2.75, 3.05) is 0 Å². The number of phenolic OH excluding ortho intramolecular Hbond substituents is 2. The minimum absolute atomic E-state index is 0.171. The smallest absolute Gasteiger partial charge is 0.128 e. The molecule has 0 aromatic heterocycles. The van der Waals surface area contributed by atoms with Crippen molar-refractivity contribution in [3.63, 3.8) is 0 Å². The molecule has 0 fully saturated rings. The summed E-state index contributed by atoms with van der Waals surface area (Å²) in [6, 6.07) is 16.0. The fourth-order valence-corrected chi connectivity index (χ4v) is 4.87. The third kappa shape index (κ3) is 8.30. The maximum Gasteiger partial charge on any atom is 0.128 e. The predicted molar refractivity (Wildman–Crippen MR) is 172 cm³/mol. The van der Waals surface area contributed by atoms with Gasteiger partial charge in [-0.25, -0.2) is 0 Å². The van der Waals surface area contributed by atoms with Gasteiger partial charge in [-0.05, 0) is 83.0 Å². The minimum Gasteiger partial charge on any atom is -0.507 e. The summed E-state index contributed by atoms with van der Waals surface area (Å²) in [5.41, 5.74) is 6.97. The van der Waals surface area contributed by atoms with Crippen molar-refractivity contribution in [2.24, 2.45) is 21.8 Å². The normalized spacial score (nSPS) is 12.9. The molecular weight excluding hydrogens is 492 g/mol. The molecule has 3 rings (SSSR count). The van der Waals surface area contributed by atoms with E-state index < -0.39 is 0 Å². The van der Waals surface area contributed by atoms with Gasteiger partial charge in [-0.15, -0.1) is 0 Å². The highest BCUT2D eigenvalue weighted by atomic mass is 16.3. The Labute approximate surface area is 241 Å². The van der Waals surface area contributed by atoms with E-state index in [0.29, 0.717) is 23.3 Å². The average molecular weight is 541 g/mol. The van der Waals surface area contributed by atoms with Crippen LogP contribution in [0.15, 0.2) is 58.5 Å². The van der Waals surface area contributed by atoms with Crippen LogP contribution in [0.1, 0.15) is 103 Å². The molecular formula is C36H48N2O2. The zero-order valence-electron chi connectivity index (χ0n) is 26.1. The van der Waals surface area contributed by atoms with Gasteiger partial charge < -0.3 is 10.2 Å². The molecule has 0 amide bonds. The van der Waals surface area contributed by atoms with Crippen molar-refractivity contribution in [2.45, 2.75) is 92.9 Å². The fourth-order valence-electron chi connectivity index (χ4n) is 4.87. The van der Waals surface area contributed by atoms with Gasteiger partial charge in [0.05, 0.1) is 11.4 Å². The van der Waals surface area contributed by atoms with Gasteiger partial charge in [0.25, 0.3) is 0 Å². The van der Waals surface area contributed by atoms with Gasteiger partial charge in [-0.1, -0.05) is 81.4 Å². The summed E-state index contributed by atoms with van der Waals surface area (Å²) in [4.78, 5) is 9.31. The molecule has 3 aromatic carbocycles. The third-order valence-corrected chi connectivity index (χ3v) is 6.86. The number of nitrogens with zero attached hydrogens (tertiary/aromatic N) is 2. The Morgan fingerprint density at radius 2 is 0.925 bits per heavy atom. The van der Waals surface area contributed by atoms with Crippen LogP contribution in [-0.2, 0) is 23.7 Å². The first-order valence-electron chi connectivity index (χ1n) is 14.5. The molecule has 3 aromatic rings. The lowest BCUT2D eigenvalue weighted by Crippen LogP contribution is -2.13. The van der Waals surface area contributed by atoms with Gasteiger partial charge >= 0.3 is 0 Å². The average Bonchev–Trinajstić information content (AvgIpc) is 2.82. The molecule has 214 valence electrons. The van der Waals surface area contributed by atoms with Crippen LogP contribution in [0.25, 0.3) is 0 Å². The van der Waals surface area contributed by atoms with E-state index >= 15 is 0 Å². The second-order valence-corrected chi connectivity index (χ2v) is 13.9. The molecule has 0 saturated carbocycles. The number of hydrogen-bond donors (Lipinski definition) is 2. The minimum atomic E-state index is -0.171. The van der Waals surface area contributed by atoms with Crippen molar-refractivity contribution >= 4 is 23.8 Å². The second kappa shape index (κ2) is 12.4. The molecule has 0 atom stereocenters. The summed E-state index contributed by atoms with van der Waals surface area (Å²) in [6.45, 7) is 21.5. The number of phenols is 2. The lowest BCUT2D eigenvalue weighted by molar-refractivity contribution is 0.444. The Morgan fingerprint density at radius 1 is 0.600 bits per heavy atom. The van der Waals surface area contributed by atoms with Crippen LogP contribution < -0.4 is 0 Å². The van der Waals surface area contributed by atoms with Gasteiger partial charge in [0.2, 0.25) is 0 Å². The van der Waals surface area contributed by atoms with Crippen LogP contribution in [0.5, 0.6) is 11.5 Å². The maximum absolute atomic E-state index is 11.0. The Bertz CT molecular complexity index is 1260. The Balaban J connectivity index is 1.88. The molecule has 0 aliphatic rings. The van der Waals surface area contributed by atoms with Gasteiger partial charge in [-0.3, -0.25) is 9.98 Å². The Kier molecular flexibility index (Phi) is 9.66. The summed E-state index contributed by atoms with van der Waals surface area (Å²) in [6.07, 6.45) is 5.39. The molecule has 0 unspecified atom stereocenters. The van der Waals surface area contributed by atoms with E-state index in [1.54, 1.807) is 12.4 Å². The molecule has 0 heterocycles. The van der Waals surface area contributed by atoms with E-state index in [4.69, 9.17) is 0 Å². The SMILES string of the molecule is CC(C)Cc1cc(C=Nc2ccc(N=Cc3cc(CC(C)C)cc(C(C)(C)C)c3O)cc2)c(O)c(C(C)(C)C)c1. The Hall–Kier alpha value is -3.40. The van der Waals surface area contributed by atoms with Gasteiger partial charge in [0.1, 0.15) is 11.5 Å². The lowest BCUT2D eigenvalue weighted by atomic mass is 9.83. The lowest BCUT2D eigenvalue weighted by Gasteiger charge is -2.23. The van der Waals surface area contributed by atoms with Crippen LogP contribution in [0, 0.1) is 11.8 Å². The fraction of sp³-hybridized carbons (Fsp3) is 0.444. The summed E-state index contributed by atoms with van der Waals surface area (Å²) in [7, 11) is 0. The summed E-state index contributed by atoms with van der Waals surface area (Å²) in [5, 5.41) is 22.0. The molecule has 4 nitrogen and oxygen atoms in total. The van der Waals surface area contributed by atoms with Crippen molar-refractivity contribution in [1.29, 1.82) is 0 Å². The maximum atomic E-state index is 11.0. The molecule has 4 heteroatoms. The first-order valence-corrected chi connectivity index (χ1v) is 14.5. The monoisotopic (exact) mass is 540 g/mol. The molecule has 2 N–H and O–H groups in total. The van der Waals surface area contributed by atoms with E-state index in [1.165, 1.54) is 11.1 Å². The zero-order chi connectivity index (χ0) is 29.8. The number of benzene rings is 3. The summed E-state index contributed by atoms with van der Waals surface area (Å²) < 4.78 is 0. The topological polar surface area (TPSA) is 65.2 Å². The van der Waals surface area contributed by atoms with Crippen LogP contribution in [0.3, 0.4) is 0 Å². The number of aromatic hydroxyl groups is 2. The molecule has 0 aliphatic carbocycles. The van der Waals surface area contributed by atoms with Gasteiger partial charge in [0.15, 0.2) is 0 Å². The van der Waals surface area contributed by atoms with Crippen molar-refractivity contribution in [3.05, 3.63) is 81.9 Å². The van der Waals surface area contributed by atoms with E-state index in [0.717, 1.165) is 46.5 Å². The third-order valence-electron chi connectivity index (χ3n) is 6.86. The summed E-state index contributed by atoms with van der Waals surface area (Å²) in [5.74, 6) is 1.63. The first kappa shape index (κ1) is 31.1. The van der Waals surface area contributed by atoms with Crippen LogP contribution in [-0.4, -0.2) is 22.6 Å². The molecule has 40 heavy (non-hydrogen) atoms. The van der Waals surface area contributed by atoms with Crippen molar-refractivity contribution in [3.8, 4) is 11.5 Å². The first-order chi connectivity index (χ1) is 18.5. The van der Waals surface area contributed by atoms with E-state index in [1.807, 2.05) is 36.4 Å². The molecule has 0 bridgehead atoms. The molecule has 0 saturated heterocycles. The molecule has 0 spiro atoms. The predicted octanol–water partition coefficient (Wildman–Crippen LogP) is 9.59. The van der Waals surface area contributed by atoms with E-state index in [-0.39, 0.29) is 10.8 Å². The summed E-state index contributed by atoms with van der Waals surface area (Å²) >= 11 is 0.